The molecular formula is C60H43BrN6O2. The third kappa shape index (κ3) is 7.31. The highest BCUT2D eigenvalue weighted by molar-refractivity contribution is 9.10. The Morgan fingerprint density at radius 3 is 1.23 bits per heavy atom. The summed E-state index contributed by atoms with van der Waals surface area (Å²) in [7, 11) is 3.39. The lowest BCUT2D eigenvalue weighted by Gasteiger charge is -2.10. The SMILES string of the molecule is Brc1ccccc1.COc1ccc(-c2c3c(nc4[nH]c5ccccc5c24)[nH]c2ccccc23)cc1.COc1ccc(-c2c3c(nc4c2c2ccccc2n4-c2ccccc2)[nH]c2ccccc23)cc1. The first-order valence-corrected chi connectivity index (χ1v) is 23.5. The van der Waals surface area contributed by atoms with Crippen LogP contribution in [0.1, 0.15) is 0 Å². The summed E-state index contributed by atoms with van der Waals surface area (Å²) >= 11 is 3.31. The number of halogens is 1. The van der Waals surface area contributed by atoms with Crippen molar-refractivity contribution in [3.05, 3.63) is 211 Å². The number of benzene rings is 8. The molecule has 0 saturated carbocycles. The first-order valence-electron chi connectivity index (χ1n) is 22.8. The van der Waals surface area contributed by atoms with Gasteiger partial charge < -0.3 is 24.4 Å². The Kier molecular flexibility index (Phi) is 10.6. The molecule has 0 radical (unpaired) electrons. The van der Waals surface area contributed by atoms with Crippen molar-refractivity contribution in [2.24, 2.45) is 0 Å². The molecular weight excluding hydrogens is 917 g/mol. The van der Waals surface area contributed by atoms with E-state index in [1.807, 2.05) is 72.8 Å². The Balaban J connectivity index is 0.000000127. The number of hydrogen-bond donors (Lipinski definition) is 3. The van der Waals surface area contributed by atoms with Crippen LogP contribution in [0.25, 0.3) is 116 Å². The Morgan fingerprint density at radius 2 is 0.783 bits per heavy atom. The number of pyridine rings is 2. The van der Waals surface area contributed by atoms with E-state index in [4.69, 9.17) is 19.4 Å². The first-order chi connectivity index (χ1) is 34.1. The summed E-state index contributed by atoms with van der Waals surface area (Å²) in [6.45, 7) is 0. The van der Waals surface area contributed by atoms with E-state index in [2.05, 4.69) is 169 Å². The monoisotopic (exact) mass is 958 g/mol. The van der Waals surface area contributed by atoms with Crippen LogP contribution in [0.3, 0.4) is 0 Å². The van der Waals surface area contributed by atoms with Crippen LogP contribution >= 0.6 is 15.9 Å². The third-order valence-corrected chi connectivity index (χ3v) is 13.4. The topological polar surface area (TPSA) is 96.5 Å². The van der Waals surface area contributed by atoms with Gasteiger partial charge in [0.2, 0.25) is 0 Å². The van der Waals surface area contributed by atoms with Crippen LogP contribution in [0.5, 0.6) is 11.5 Å². The molecule has 0 fully saturated rings. The number of nitrogens with zero attached hydrogens (tertiary/aromatic N) is 3. The van der Waals surface area contributed by atoms with Gasteiger partial charge in [-0.2, -0.15) is 0 Å². The smallest absolute Gasteiger partial charge is 0.148 e. The Hall–Kier alpha value is -8.66. The molecule has 6 aromatic heterocycles. The lowest BCUT2D eigenvalue weighted by molar-refractivity contribution is 0.415. The number of fused-ring (bicyclic) bond motifs is 12. The van der Waals surface area contributed by atoms with E-state index in [0.29, 0.717) is 0 Å². The Morgan fingerprint density at radius 1 is 0.391 bits per heavy atom. The zero-order chi connectivity index (χ0) is 46.4. The predicted molar refractivity (Wildman–Crippen MR) is 289 cm³/mol. The molecule has 0 saturated heterocycles. The maximum atomic E-state index is 5.44. The van der Waals surface area contributed by atoms with Gasteiger partial charge in [-0.1, -0.05) is 149 Å². The fourth-order valence-electron chi connectivity index (χ4n) is 9.79. The second-order valence-corrected chi connectivity index (χ2v) is 17.7. The van der Waals surface area contributed by atoms with Crippen molar-refractivity contribution in [3.63, 3.8) is 0 Å². The van der Waals surface area contributed by atoms with Crippen LogP contribution in [0.15, 0.2) is 211 Å². The maximum absolute atomic E-state index is 5.44. The van der Waals surface area contributed by atoms with E-state index < -0.39 is 0 Å². The Labute approximate surface area is 404 Å². The highest BCUT2D eigenvalue weighted by Gasteiger charge is 2.23. The number of methoxy groups -OCH3 is 2. The minimum absolute atomic E-state index is 0.843. The zero-order valence-electron chi connectivity index (χ0n) is 37.7. The molecule has 332 valence electrons. The molecule has 0 spiro atoms. The number of ether oxygens (including phenoxy) is 2. The minimum atomic E-state index is 0.843. The molecule has 0 aliphatic rings. The number of aromatic amines is 3. The molecule has 0 aliphatic carbocycles. The summed E-state index contributed by atoms with van der Waals surface area (Å²) in [5.41, 5.74) is 13.8. The normalized spacial score (nSPS) is 11.4. The van der Waals surface area contributed by atoms with Crippen molar-refractivity contribution < 1.29 is 9.47 Å². The van der Waals surface area contributed by atoms with Gasteiger partial charge in [-0.25, -0.2) is 9.97 Å². The van der Waals surface area contributed by atoms with Gasteiger partial charge in [0.25, 0.3) is 0 Å². The zero-order valence-corrected chi connectivity index (χ0v) is 39.3. The van der Waals surface area contributed by atoms with Crippen molar-refractivity contribution in [2.45, 2.75) is 0 Å². The highest BCUT2D eigenvalue weighted by atomic mass is 79.9. The van der Waals surface area contributed by atoms with Crippen LogP contribution in [0.4, 0.5) is 0 Å². The van der Waals surface area contributed by atoms with Crippen molar-refractivity contribution in [1.29, 1.82) is 0 Å². The van der Waals surface area contributed by atoms with Crippen molar-refractivity contribution in [1.82, 2.24) is 29.5 Å². The van der Waals surface area contributed by atoms with Crippen LogP contribution in [0.2, 0.25) is 0 Å². The molecule has 0 aliphatic heterocycles. The third-order valence-electron chi connectivity index (χ3n) is 12.9. The van der Waals surface area contributed by atoms with Gasteiger partial charge in [0.1, 0.15) is 34.1 Å². The Bertz CT molecular complexity index is 4070. The van der Waals surface area contributed by atoms with Crippen LogP contribution < -0.4 is 9.47 Å². The molecule has 6 heterocycles. The molecule has 3 N–H and O–H groups in total. The lowest BCUT2D eigenvalue weighted by atomic mass is 9.96. The minimum Gasteiger partial charge on any atom is -0.497 e. The number of rotatable bonds is 5. The van der Waals surface area contributed by atoms with Gasteiger partial charge in [-0.3, -0.25) is 4.57 Å². The number of nitrogens with one attached hydrogen (secondary N) is 3. The van der Waals surface area contributed by atoms with E-state index in [1.165, 1.54) is 32.7 Å². The average molecular weight is 960 g/mol. The van der Waals surface area contributed by atoms with E-state index >= 15 is 0 Å². The van der Waals surface area contributed by atoms with Crippen molar-refractivity contribution >= 4 is 104 Å². The van der Waals surface area contributed by atoms with E-state index in [-0.39, 0.29) is 0 Å². The molecule has 8 aromatic carbocycles. The molecule has 0 amide bonds. The standard InChI is InChI=1S/C30H21N3O.C24H17N3O.C6H5Br/c1-34-21-17-15-19(16-18-21)26-27-22-11-5-7-13-24(22)31-29(27)32-30-28(26)23-12-6-8-14-25(23)33(30)20-9-3-2-4-10-20;1-28-15-12-10-14(11-13-15)20-21-16-6-2-4-8-18(16)25-23(21)27-24-22(20)17-7-3-5-9-19(17)26-24;7-6-4-2-1-3-5-6/h2-18H,1H3,(H,31,32);2-13H,1H3,(H2,25,26,27);1-5H. The second kappa shape index (κ2) is 17.5. The molecule has 0 unspecified atom stereocenters. The molecule has 69 heavy (non-hydrogen) atoms. The summed E-state index contributed by atoms with van der Waals surface area (Å²) in [5, 5.41) is 9.33. The van der Waals surface area contributed by atoms with E-state index in [0.717, 1.165) is 99.0 Å². The molecule has 0 bridgehead atoms. The lowest BCUT2D eigenvalue weighted by Crippen LogP contribution is -1.96. The van der Waals surface area contributed by atoms with Gasteiger partial charge in [0.05, 0.1) is 19.7 Å². The van der Waals surface area contributed by atoms with Gasteiger partial charge >= 0.3 is 0 Å². The predicted octanol–water partition coefficient (Wildman–Crippen LogP) is 16.0. The van der Waals surface area contributed by atoms with Crippen LogP contribution in [-0.2, 0) is 0 Å². The van der Waals surface area contributed by atoms with Gasteiger partial charge in [-0.05, 0) is 83.9 Å². The van der Waals surface area contributed by atoms with Gasteiger partial charge in [-0.15, -0.1) is 0 Å². The fraction of sp³-hybridized carbons (Fsp3) is 0.0333. The number of para-hydroxylation sites is 5. The number of hydrogen-bond acceptors (Lipinski definition) is 4. The first kappa shape index (κ1) is 41.7. The molecule has 14 aromatic rings. The largest absolute Gasteiger partial charge is 0.497 e. The quantitative estimate of drug-likeness (QED) is 0.160. The van der Waals surface area contributed by atoms with Crippen molar-refractivity contribution in [3.8, 4) is 39.4 Å². The highest BCUT2D eigenvalue weighted by Crippen LogP contribution is 2.45. The maximum Gasteiger partial charge on any atom is 0.148 e. The molecule has 8 nitrogen and oxygen atoms in total. The van der Waals surface area contributed by atoms with E-state index in [1.54, 1.807) is 14.2 Å². The van der Waals surface area contributed by atoms with E-state index in [9.17, 15) is 0 Å². The van der Waals surface area contributed by atoms with Gasteiger partial charge in [0.15, 0.2) is 0 Å². The fourth-order valence-corrected chi connectivity index (χ4v) is 10.1. The average Bonchev–Trinajstić information content (AvgIpc) is 4.17. The summed E-state index contributed by atoms with van der Waals surface area (Å²) in [4.78, 5) is 20.7. The summed E-state index contributed by atoms with van der Waals surface area (Å²) in [5.74, 6) is 1.69. The molecule has 9 heteroatoms. The van der Waals surface area contributed by atoms with Crippen molar-refractivity contribution in [2.75, 3.05) is 14.2 Å². The van der Waals surface area contributed by atoms with Crippen LogP contribution in [-0.4, -0.2) is 43.7 Å². The number of H-pyrrole nitrogens is 3. The summed E-state index contributed by atoms with van der Waals surface area (Å²) < 4.78 is 14.2. The summed E-state index contributed by atoms with van der Waals surface area (Å²) in [6.07, 6.45) is 0. The molecule has 14 rings (SSSR count). The number of aromatic nitrogens is 6. The second-order valence-electron chi connectivity index (χ2n) is 16.8. The van der Waals surface area contributed by atoms with Crippen LogP contribution in [0, 0.1) is 0 Å². The summed E-state index contributed by atoms with van der Waals surface area (Å²) in [6, 6.07) is 70.8. The van der Waals surface area contributed by atoms with Gasteiger partial charge in [0, 0.05) is 80.9 Å². The molecule has 0 atom stereocenters.